The number of hydrogen-bond donors (Lipinski definition) is 3. The quantitative estimate of drug-likeness (QED) is 0.521. The van der Waals surface area contributed by atoms with Crippen LogP contribution in [0.1, 0.15) is 17.2 Å². The minimum Gasteiger partial charge on any atom is -0.508 e. The topological polar surface area (TPSA) is 75.7 Å². The number of fused-ring (bicyclic) bond motifs is 1. The van der Waals surface area contributed by atoms with E-state index in [0.29, 0.717) is 12.0 Å². The molecule has 0 fully saturated rings. The van der Waals surface area contributed by atoms with E-state index in [1.807, 2.05) is 6.92 Å². The van der Waals surface area contributed by atoms with Crippen molar-refractivity contribution < 1.29 is 14.8 Å². The van der Waals surface area contributed by atoms with Gasteiger partial charge in [-0.2, -0.15) is 0 Å². The standard InChI is InChI=1S/C9H12BNO3/c1-5-2-6(12)3-7-9(5)8(4-11)14-10(7)13/h2-3,8,12-13H,4,11H2,1H3. The Morgan fingerprint density at radius 1 is 1.57 bits per heavy atom. The summed E-state index contributed by atoms with van der Waals surface area (Å²) in [5.74, 6) is 0.140. The van der Waals surface area contributed by atoms with Crippen molar-refractivity contribution in [3.8, 4) is 5.75 Å². The van der Waals surface area contributed by atoms with Gasteiger partial charge in [0.05, 0.1) is 6.10 Å². The van der Waals surface area contributed by atoms with Gasteiger partial charge >= 0.3 is 7.12 Å². The van der Waals surface area contributed by atoms with Crippen molar-refractivity contribution in [3.63, 3.8) is 0 Å². The SMILES string of the molecule is Cc1cc(O)cc2c1C(CN)OB2O. The van der Waals surface area contributed by atoms with Crippen molar-refractivity contribution in [1.29, 1.82) is 0 Å². The van der Waals surface area contributed by atoms with Crippen LogP contribution in [0, 0.1) is 6.92 Å². The summed E-state index contributed by atoms with van der Waals surface area (Å²) in [6.07, 6.45) is -0.263. The average Bonchev–Trinajstić information content (AvgIpc) is 2.43. The van der Waals surface area contributed by atoms with Crippen molar-refractivity contribution >= 4 is 12.6 Å². The predicted molar refractivity (Wildman–Crippen MR) is 53.3 cm³/mol. The van der Waals surface area contributed by atoms with Gasteiger partial charge in [0.1, 0.15) is 5.75 Å². The van der Waals surface area contributed by atoms with Crippen LogP contribution in [-0.2, 0) is 4.65 Å². The minimum absolute atomic E-state index is 0.140. The Labute approximate surface area is 82.5 Å². The van der Waals surface area contributed by atoms with Crippen LogP contribution in [-0.4, -0.2) is 23.8 Å². The van der Waals surface area contributed by atoms with Crippen molar-refractivity contribution in [2.24, 2.45) is 5.73 Å². The van der Waals surface area contributed by atoms with Gasteiger partial charge in [-0.15, -0.1) is 0 Å². The molecule has 0 aromatic heterocycles. The van der Waals surface area contributed by atoms with E-state index in [9.17, 15) is 10.1 Å². The molecule has 74 valence electrons. The van der Waals surface area contributed by atoms with E-state index in [2.05, 4.69) is 0 Å². The smallest absolute Gasteiger partial charge is 0.492 e. The fraction of sp³-hybridized carbons (Fsp3) is 0.333. The second-order valence-electron chi connectivity index (χ2n) is 3.48. The molecule has 0 saturated heterocycles. The van der Waals surface area contributed by atoms with E-state index < -0.39 is 7.12 Å². The van der Waals surface area contributed by atoms with Crippen LogP contribution in [0.5, 0.6) is 5.75 Å². The first kappa shape index (κ1) is 9.52. The fourth-order valence-corrected chi connectivity index (χ4v) is 1.92. The van der Waals surface area contributed by atoms with Crippen molar-refractivity contribution in [1.82, 2.24) is 0 Å². The first-order chi connectivity index (χ1) is 6.63. The van der Waals surface area contributed by atoms with Crippen molar-refractivity contribution in [2.75, 3.05) is 6.54 Å². The number of rotatable bonds is 1. The highest BCUT2D eigenvalue weighted by Gasteiger charge is 2.35. The lowest BCUT2D eigenvalue weighted by atomic mass is 9.78. The molecule has 1 aromatic rings. The van der Waals surface area contributed by atoms with Gasteiger partial charge in [-0.25, -0.2) is 0 Å². The molecule has 0 amide bonds. The predicted octanol–water partition coefficient (Wildman–Crippen LogP) is -0.582. The molecule has 1 aromatic carbocycles. The van der Waals surface area contributed by atoms with E-state index in [4.69, 9.17) is 10.4 Å². The number of benzene rings is 1. The molecule has 14 heavy (non-hydrogen) atoms. The molecule has 4 nitrogen and oxygen atoms in total. The Morgan fingerprint density at radius 3 is 2.93 bits per heavy atom. The maximum absolute atomic E-state index is 9.54. The van der Waals surface area contributed by atoms with Crippen LogP contribution in [0.3, 0.4) is 0 Å². The highest BCUT2D eigenvalue weighted by atomic mass is 16.5. The first-order valence-corrected chi connectivity index (χ1v) is 4.50. The molecule has 0 aliphatic carbocycles. The molecule has 1 aliphatic rings. The van der Waals surface area contributed by atoms with Gasteiger partial charge in [0.25, 0.3) is 0 Å². The summed E-state index contributed by atoms with van der Waals surface area (Å²) in [5, 5.41) is 18.9. The Bertz CT molecular complexity index is 369. The molecule has 0 bridgehead atoms. The molecule has 5 heteroatoms. The van der Waals surface area contributed by atoms with Crippen LogP contribution in [0.4, 0.5) is 0 Å². The summed E-state index contributed by atoms with van der Waals surface area (Å²) in [6, 6.07) is 3.16. The third-order valence-electron chi connectivity index (χ3n) is 2.50. The molecule has 1 atom stereocenters. The maximum atomic E-state index is 9.54. The second kappa shape index (κ2) is 3.27. The highest BCUT2D eigenvalue weighted by molar-refractivity contribution is 6.61. The minimum atomic E-state index is -0.968. The molecule has 1 heterocycles. The summed E-state index contributed by atoms with van der Waals surface area (Å²) in [5.41, 5.74) is 7.94. The van der Waals surface area contributed by atoms with Gasteiger partial charge in [-0.3, -0.25) is 0 Å². The number of nitrogens with two attached hydrogens (primary N) is 1. The van der Waals surface area contributed by atoms with Crippen LogP contribution in [0.15, 0.2) is 12.1 Å². The van der Waals surface area contributed by atoms with Gasteiger partial charge < -0.3 is 20.5 Å². The lowest BCUT2D eigenvalue weighted by Gasteiger charge is -2.11. The van der Waals surface area contributed by atoms with Crippen LogP contribution in [0.25, 0.3) is 0 Å². The van der Waals surface area contributed by atoms with Gasteiger partial charge in [-0.05, 0) is 35.6 Å². The van der Waals surface area contributed by atoms with E-state index in [-0.39, 0.29) is 11.9 Å². The number of hydrogen-bond acceptors (Lipinski definition) is 4. The van der Waals surface area contributed by atoms with Gasteiger partial charge in [-0.1, -0.05) is 0 Å². The molecular formula is C9H12BNO3. The summed E-state index contributed by atoms with van der Waals surface area (Å²) >= 11 is 0. The lowest BCUT2D eigenvalue weighted by Crippen LogP contribution is -2.28. The molecule has 1 unspecified atom stereocenters. The van der Waals surface area contributed by atoms with Crippen LogP contribution < -0.4 is 11.2 Å². The largest absolute Gasteiger partial charge is 0.508 e. The van der Waals surface area contributed by atoms with Crippen molar-refractivity contribution in [2.45, 2.75) is 13.0 Å². The van der Waals surface area contributed by atoms with E-state index in [1.54, 1.807) is 6.07 Å². The van der Waals surface area contributed by atoms with Crippen LogP contribution >= 0.6 is 0 Å². The van der Waals surface area contributed by atoms with E-state index >= 15 is 0 Å². The number of phenols is 1. The maximum Gasteiger partial charge on any atom is 0.492 e. The zero-order chi connectivity index (χ0) is 10.3. The number of aryl methyl sites for hydroxylation is 1. The molecule has 4 N–H and O–H groups in total. The Hall–Kier alpha value is -1.04. The molecule has 2 rings (SSSR count). The Kier molecular flexibility index (Phi) is 2.22. The second-order valence-corrected chi connectivity index (χ2v) is 3.48. The molecule has 0 spiro atoms. The molecule has 1 aliphatic heterocycles. The van der Waals surface area contributed by atoms with Gasteiger partial charge in [0.15, 0.2) is 0 Å². The third kappa shape index (κ3) is 1.30. The summed E-state index contributed by atoms with van der Waals surface area (Å²) in [4.78, 5) is 0. The third-order valence-corrected chi connectivity index (χ3v) is 2.50. The summed E-state index contributed by atoms with van der Waals surface area (Å²) in [6.45, 7) is 2.19. The summed E-state index contributed by atoms with van der Waals surface area (Å²) < 4.78 is 5.24. The average molecular weight is 193 g/mol. The zero-order valence-corrected chi connectivity index (χ0v) is 7.90. The number of phenolic OH excluding ortho intramolecular Hbond substituents is 1. The molecular weight excluding hydrogens is 181 g/mol. The first-order valence-electron chi connectivity index (χ1n) is 4.50. The van der Waals surface area contributed by atoms with Gasteiger partial charge in [0, 0.05) is 6.54 Å². The van der Waals surface area contributed by atoms with Crippen molar-refractivity contribution in [3.05, 3.63) is 23.3 Å². The zero-order valence-electron chi connectivity index (χ0n) is 7.90. The number of aromatic hydroxyl groups is 1. The Morgan fingerprint density at radius 2 is 2.29 bits per heavy atom. The van der Waals surface area contributed by atoms with E-state index in [0.717, 1.165) is 11.1 Å². The van der Waals surface area contributed by atoms with Crippen LogP contribution in [0.2, 0.25) is 0 Å². The highest BCUT2D eigenvalue weighted by Crippen LogP contribution is 2.27. The fourth-order valence-electron chi connectivity index (χ4n) is 1.92. The summed E-state index contributed by atoms with van der Waals surface area (Å²) in [7, 11) is -0.968. The van der Waals surface area contributed by atoms with Gasteiger partial charge in [0.2, 0.25) is 0 Å². The monoisotopic (exact) mass is 193 g/mol. The Balaban J connectivity index is 2.56. The lowest BCUT2D eigenvalue weighted by molar-refractivity contribution is 0.197. The van der Waals surface area contributed by atoms with E-state index in [1.165, 1.54) is 6.07 Å². The molecule has 0 saturated carbocycles. The molecule has 0 radical (unpaired) electrons. The normalized spacial score (nSPS) is 19.9.